The summed E-state index contributed by atoms with van der Waals surface area (Å²) in [6.45, 7) is 0. The number of rotatable bonds is 5. The maximum Gasteiger partial charge on any atom is 0.303 e. The van der Waals surface area contributed by atoms with Gasteiger partial charge in [-0.2, -0.15) is 0 Å². The van der Waals surface area contributed by atoms with E-state index in [9.17, 15) is 13.2 Å². The summed E-state index contributed by atoms with van der Waals surface area (Å²) in [5, 5.41) is 8.52. The molecule has 88 valence electrons. The van der Waals surface area contributed by atoms with Crippen LogP contribution in [0.5, 0.6) is 0 Å². The van der Waals surface area contributed by atoms with Crippen LogP contribution in [0, 0.1) is 0 Å². The number of nitrogens with one attached hydrogen (secondary N) is 1. The molecule has 5 nitrogen and oxygen atoms in total. The minimum Gasteiger partial charge on any atom is -0.481 e. The molecule has 0 aliphatic carbocycles. The molecule has 0 bridgehead atoms. The summed E-state index contributed by atoms with van der Waals surface area (Å²) >= 11 is 0. The quantitative estimate of drug-likeness (QED) is 0.810. The molecule has 2 N–H and O–H groups in total. The molecule has 0 atom stereocenters. The first-order chi connectivity index (χ1) is 7.37. The van der Waals surface area contributed by atoms with Gasteiger partial charge in [0, 0.05) is 12.1 Å². The molecule has 6 heteroatoms. The molecule has 16 heavy (non-hydrogen) atoms. The maximum atomic E-state index is 11.0. The lowest BCUT2D eigenvalue weighted by atomic mass is 10.1. The highest BCUT2D eigenvalue weighted by molar-refractivity contribution is 7.92. The van der Waals surface area contributed by atoms with Gasteiger partial charge in [-0.1, -0.05) is 12.1 Å². The topological polar surface area (TPSA) is 83.5 Å². The first kappa shape index (κ1) is 12.5. The normalized spacial score (nSPS) is 11.1. The Kier molecular flexibility index (Phi) is 3.89. The van der Waals surface area contributed by atoms with Gasteiger partial charge >= 0.3 is 5.97 Å². The van der Waals surface area contributed by atoms with Crippen LogP contribution in [0.15, 0.2) is 24.3 Å². The minimum absolute atomic E-state index is 0.0301. The first-order valence-corrected chi connectivity index (χ1v) is 6.54. The average Bonchev–Trinajstić information content (AvgIpc) is 2.12. The van der Waals surface area contributed by atoms with Crippen LogP contribution in [-0.4, -0.2) is 25.7 Å². The van der Waals surface area contributed by atoms with Crippen molar-refractivity contribution in [2.45, 2.75) is 12.8 Å². The standard InChI is InChI=1S/C10H13NO4S/c1-16(14,15)11-9-4-2-3-8(7-9)5-6-10(12)13/h2-4,7,11H,5-6H2,1H3,(H,12,13). The molecule has 0 unspecified atom stereocenters. The van der Waals surface area contributed by atoms with Gasteiger partial charge < -0.3 is 5.11 Å². The zero-order chi connectivity index (χ0) is 12.2. The van der Waals surface area contributed by atoms with Crippen molar-refractivity contribution in [2.24, 2.45) is 0 Å². The fourth-order valence-electron chi connectivity index (χ4n) is 1.26. The molecule has 1 aromatic rings. The van der Waals surface area contributed by atoms with Crippen LogP contribution in [-0.2, 0) is 21.2 Å². The van der Waals surface area contributed by atoms with Gasteiger partial charge in [0.2, 0.25) is 10.0 Å². The highest BCUT2D eigenvalue weighted by atomic mass is 32.2. The summed E-state index contributed by atoms with van der Waals surface area (Å²) < 4.78 is 24.3. The number of benzene rings is 1. The largest absolute Gasteiger partial charge is 0.481 e. The molecule has 0 fully saturated rings. The maximum absolute atomic E-state index is 11.0. The van der Waals surface area contributed by atoms with Gasteiger partial charge in [-0.15, -0.1) is 0 Å². The van der Waals surface area contributed by atoms with Gasteiger partial charge in [0.1, 0.15) is 0 Å². The monoisotopic (exact) mass is 243 g/mol. The molecule has 0 saturated heterocycles. The van der Waals surface area contributed by atoms with Crippen molar-refractivity contribution in [1.29, 1.82) is 0 Å². The molecule has 0 aliphatic rings. The van der Waals surface area contributed by atoms with Gasteiger partial charge in [0.15, 0.2) is 0 Å². The van der Waals surface area contributed by atoms with E-state index in [2.05, 4.69) is 4.72 Å². The van der Waals surface area contributed by atoms with Crippen molar-refractivity contribution in [3.05, 3.63) is 29.8 Å². The predicted molar refractivity (Wildman–Crippen MR) is 60.9 cm³/mol. The van der Waals surface area contributed by atoms with Gasteiger partial charge in [-0.25, -0.2) is 8.42 Å². The molecule has 0 amide bonds. The highest BCUT2D eigenvalue weighted by Gasteiger charge is 2.03. The summed E-state index contributed by atoms with van der Waals surface area (Å²) in [5.41, 5.74) is 1.24. The third-order valence-corrected chi connectivity index (χ3v) is 2.46. The first-order valence-electron chi connectivity index (χ1n) is 4.65. The predicted octanol–water partition coefficient (Wildman–Crippen LogP) is 1.08. The van der Waals surface area contributed by atoms with Crippen LogP contribution in [0.3, 0.4) is 0 Å². The molecule has 1 rings (SSSR count). The number of hydrogen-bond acceptors (Lipinski definition) is 3. The fourth-order valence-corrected chi connectivity index (χ4v) is 1.81. The lowest BCUT2D eigenvalue weighted by Crippen LogP contribution is -2.09. The van der Waals surface area contributed by atoms with Crippen molar-refractivity contribution in [3.63, 3.8) is 0 Å². The Labute approximate surface area is 94.2 Å². The van der Waals surface area contributed by atoms with Crippen molar-refractivity contribution < 1.29 is 18.3 Å². The molecule has 0 saturated carbocycles. The smallest absolute Gasteiger partial charge is 0.303 e. The lowest BCUT2D eigenvalue weighted by molar-refractivity contribution is -0.136. The van der Waals surface area contributed by atoms with E-state index in [0.29, 0.717) is 12.1 Å². The van der Waals surface area contributed by atoms with Crippen LogP contribution in [0.4, 0.5) is 5.69 Å². The van der Waals surface area contributed by atoms with Crippen molar-refractivity contribution in [1.82, 2.24) is 0 Å². The van der Waals surface area contributed by atoms with Gasteiger partial charge in [0.05, 0.1) is 6.26 Å². The van der Waals surface area contributed by atoms with E-state index in [0.717, 1.165) is 11.8 Å². The number of carboxylic acids is 1. The Morgan fingerprint density at radius 3 is 2.69 bits per heavy atom. The Hall–Kier alpha value is -1.56. The van der Waals surface area contributed by atoms with Crippen LogP contribution in [0.2, 0.25) is 0 Å². The molecule has 0 heterocycles. The number of anilines is 1. The lowest BCUT2D eigenvalue weighted by Gasteiger charge is -2.05. The zero-order valence-corrected chi connectivity index (χ0v) is 9.62. The second kappa shape index (κ2) is 4.98. The van der Waals surface area contributed by atoms with Crippen LogP contribution >= 0.6 is 0 Å². The second-order valence-corrected chi connectivity index (χ2v) is 5.22. The van der Waals surface area contributed by atoms with E-state index in [1.54, 1.807) is 24.3 Å². The van der Waals surface area contributed by atoms with Crippen LogP contribution < -0.4 is 4.72 Å². The number of aryl methyl sites for hydroxylation is 1. The van der Waals surface area contributed by atoms with E-state index >= 15 is 0 Å². The third-order valence-electron chi connectivity index (χ3n) is 1.86. The van der Waals surface area contributed by atoms with E-state index in [1.807, 2.05) is 0 Å². The average molecular weight is 243 g/mol. The second-order valence-electron chi connectivity index (χ2n) is 3.47. The molecule has 0 spiro atoms. The van der Waals surface area contributed by atoms with Crippen molar-refractivity contribution in [2.75, 3.05) is 11.0 Å². The fraction of sp³-hybridized carbons (Fsp3) is 0.300. The summed E-state index contributed by atoms with van der Waals surface area (Å²) in [7, 11) is -3.29. The number of aliphatic carboxylic acids is 1. The van der Waals surface area contributed by atoms with E-state index < -0.39 is 16.0 Å². The van der Waals surface area contributed by atoms with E-state index in [1.165, 1.54) is 0 Å². The van der Waals surface area contributed by atoms with Crippen molar-refractivity contribution >= 4 is 21.7 Å². The Bertz CT molecular complexity index is 481. The van der Waals surface area contributed by atoms with E-state index in [4.69, 9.17) is 5.11 Å². The summed E-state index contributed by atoms with van der Waals surface area (Å²) in [6.07, 6.45) is 1.48. The summed E-state index contributed by atoms with van der Waals surface area (Å²) in [6, 6.07) is 6.69. The molecule has 0 radical (unpaired) electrons. The van der Waals surface area contributed by atoms with E-state index in [-0.39, 0.29) is 6.42 Å². The van der Waals surface area contributed by atoms with Gasteiger partial charge in [-0.05, 0) is 24.1 Å². The number of hydrogen-bond donors (Lipinski definition) is 2. The Balaban J connectivity index is 2.75. The number of carbonyl (C=O) groups is 1. The molecular formula is C10H13NO4S. The highest BCUT2D eigenvalue weighted by Crippen LogP contribution is 2.13. The van der Waals surface area contributed by atoms with Crippen LogP contribution in [0.25, 0.3) is 0 Å². The Morgan fingerprint density at radius 1 is 1.44 bits per heavy atom. The molecule has 1 aromatic carbocycles. The van der Waals surface area contributed by atoms with Gasteiger partial charge in [0.25, 0.3) is 0 Å². The van der Waals surface area contributed by atoms with Crippen molar-refractivity contribution in [3.8, 4) is 0 Å². The minimum atomic E-state index is -3.29. The number of sulfonamides is 1. The number of carboxylic acid groups (broad SMARTS) is 1. The molecule has 0 aliphatic heterocycles. The van der Waals surface area contributed by atoms with Crippen LogP contribution in [0.1, 0.15) is 12.0 Å². The third kappa shape index (κ3) is 4.79. The zero-order valence-electron chi connectivity index (χ0n) is 8.80. The van der Waals surface area contributed by atoms with Gasteiger partial charge in [-0.3, -0.25) is 9.52 Å². The summed E-state index contributed by atoms with van der Waals surface area (Å²) in [5.74, 6) is -0.874. The Morgan fingerprint density at radius 2 is 2.12 bits per heavy atom. The summed E-state index contributed by atoms with van der Waals surface area (Å²) in [4.78, 5) is 10.4. The SMILES string of the molecule is CS(=O)(=O)Nc1cccc(CCC(=O)O)c1. The molecular weight excluding hydrogens is 230 g/mol. The molecule has 0 aromatic heterocycles.